The van der Waals surface area contributed by atoms with Crippen LogP contribution < -0.4 is 26.2 Å². The summed E-state index contributed by atoms with van der Waals surface area (Å²) in [4.78, 5) is 35.8. The molecule has 4 heterocycles. The fourth-order valence-corrected chi connectivity index (χ4v) is 5.59. The topological polar surface area (TPSA) is 109 Å². The minimum Gasteiger partial charge on any atom is -0.397 e. The second-order valence-electron chi connectivity index (χ2n) is 8.21. The molecule has 8 nitrogen and oxygen atoms in total. The Morgan fingerprint density at radius 1 is 0.938 bits per heavy atom. The Bertz CT molecular complexity index is 1180. The molecule has 2 saturated heterocycles. The normalized spacial score (nSPS) is 17.2. The Hall–Kier alpha value is -3.33. The van der Waals surface area contributed by atoms with Gasteiger partial charge < -0.3 is 26.2 Å². The number of amides is 2. The zero-order chi connectivity index (χ0) is 22.2. The van der Waals surface area contributed by atoms with E-state index in [9.17, 15) is 9.59 Å². The smallest absolute Gasteiger partial charge is 0.260 e. The second-order valence-corrected chi connectivity index (χ2v) is 9.21. The number of carbonyl (C=O) groups excluding carboxylic acids is 2. The van der Waals surface area contributed by atoms with Crippen LogP contribution in [-0.2, 0) is 4.79 Å². The Labute approximate surface area is 190 Å². The van der Waals surface area contributed by atoms with E-state index >= 15 is 0 Å². The number of rotatable bonds is 4. The first kappa shape index (κ1) is 20.6. The fourth-order valence-electron chi connectivity index (χ4n) is 4.66. The molecular formula is C23H26N6O2S. The molecule has 0 saturated carbocycles. The van der Waals surface area contributed by atoms with Gasteiger partial charge in [-0.05, 0) is 43.2 Å². The number of hydrogen-bond donors (Lipinski definition) is 2. The molecule has 0 radical (unpaired) electrons. The molecule has 166 valence electrons. The number of primary amides is 1. The Morgan fingerprint density at radius 2 is 1.66 bits per heavy atom. The van der Waals surface area contributed by atoms with Crippen LogP contribution in [0.25, 0.3) is 10.2 Å². The van der Waals surface area contributed by atoms with Gasteiger partial charge in [0.1, 0.15) is 9.71 Å². The second kappa shape index (κ2) is 8.31. The Balaban J connectivity index is 1.35. The molecule has 32 heavy (non-hydrogen) atoms. The summed E-state index contributed by atoms with van der Waals surface area (Å²) < 4.78 is 0. The van der Waals surface area contributed by atoms with Crippen LogP contribution in [0.1, 0.15) is 28.9 Å². The zero-order valence-corrected chi connectivity index (χ0v) is 18.6. The average Bonchev–Trinajstić information content (AvgIpc) is 3.28. The van der Waals surface area contributed by atoms with E-state index < -0.39 is 5.91 Å². The van der Waals surface area contributed by atoms with Crippen molar-refractivity contribution in [2.24, 2.45) is 5.73 Å². The number of aromatic nitrogens is 1. The maximum Gasteiger partial charge on any atom is 0.260 e. The molecule has 2 fully saturated rings. The highest BCUT2D eigenvalue weighted by molar-refractivity contribution is 7.21. The van der Waals surface area contributed by atoms with Gasteiger partial charge in [-0.2, -0.15) is 0 Å². The first-order chi connectivity index (χ1) is 15.5. The van der Waals surface area contributed by atoms with Gasteiger partial charge in [0.05, 0.1) is 16.8 Å². The number of pyridine rings is 1. The van der Waals surface area contributed by atoms with E-state index in [0.29, 0.717) is 17.0 Å². The van der Waals surface area contributed by atoms with Gasteiger partial charge in [0.25, 0.3) is 5.91 Å². The molecule has 2 aliphatic heterocycles. The van der Waals surface area contributed by atoms with E-state index in [0.717, 1.165) is 72.8 Å². The highest BCUT2D eigenvalue weighted by atomic mass is 32.1. The quantitative estimate of drug-likeness (QED) is 0.633. The van der Waals surface area contributed by atoms with Gasteiger partial charge in [0.2, 0.25) is 5.91 Å². The molecule has 3 aromatic rings. The zero-order valence-electron chi connectivity index (χ0n) is 17.8. The van der Waals surface area contributed by atoms with Crippen LogP contribution in [-0.4, -0.2) is 49.5 Å². The van der Waals surface area contributed by atoms with Crippen molar-refractivity contribution in [2.75, 3.05) is 53.2 Å². The maximum atomic E-state index is 12.0. The monoisotopic (exact) mass is 450 g/mol. The van der Waals surface area contributed by atoms with E-state index in [2.05, 4.69) is 26.9 Å². The summed E-state index contributed by atoms with van der Waals surface area (Å²) in [5.74, 6) is -0.309. The highest BCUT2D eigenvalue weighted by Crippen LogP contribution is 2.38. The number of thiophene rings is 1. The van der Waals surface area contributed by atoms with Gasteiger partial charge in [-0.1, -0.05) is 0 Å². The largest absolute Gasteiger partial charge is 0.397 e. The van der Waals surface area contributed by atoms with Gasteiger partial charge >= 0.3 is 0 Å². The van der Waals surface area contributed by atoms with E-state index in [1.165, 1.54) is 11.3 Å². The van der Waals surface area contributed by atoms with Crippen molar-refractivity contribution in [1.29, 1.82) is 0 Å². The van der Waals surface area contributed by atoms with Crippen molar-refractivity contribution in [1.82, 2.24) is 4.98 Å². The lowest BCUT2D eigenvalue weighted by molar-refractivity contribution is -0.117. The highest BCUT2D eigenvalue weighted by Gasteiger charge is 2.24. The maximum absolute atomic E-state index is 12.0. The summed E-state index contributed by atoms with van der Waals surface area (Å²) in [5, 5.41) is 0.819. The minimum atomic E-state index is -0.516. The van der Waals surface area contributed by atoms with Crippen molar-refractivity contribution in [3.8, 4) is 0 Å². The number of nitrogens with zero attached hydrogens (tertiary/aromatic N) is 4. The third-order valence-corrected chi connectivity index (χ3v) is 7.40. The third kappa shape index (κ3) is 3.62. The minimum absolute atomic E-state index is 0.207. The van der Waals surface area contributed by atoms with Gasteiger partial charge in [0, 0.05) is 56.7 Å². The number of carbonyl (C=O) groups is 2. The summed E-state index contributed by atoms with van der Waals surface area (Å²) >= 11 is 1.25. The van der Waals surface area contributed by atoms with Crippen molar-refractivity contribution in [3.63, 3.8) is 0 Å². The molecule has 1 aromatic carbocycles. The molecule has 2 aliphatic rings. The van der Waals surface area contributed by atoms with Crippen molar-refractivity contribution >= 4 is 56.1 Å². The number of fused-ring (bicyclic) bond motifs is 1. The van der Waals surface area contributed by atoms with Crippen LogP contribution in [0.3, 0.4) is 0 Å². The van der Waals surface area contributed by atoms with Gasteiger partial charge in [-0.25, -0.2) is 4.98 Å². The molecular weight excluding hydrogens is 424 g/mol. The molecule has 0 bridgehead atoms. The molecule has 0 unspecified atom stereocenters. The van der Waals surface area contributed by atoms with Crippen molar-refractivity contribution in [3.05, 3.63) is 41.4 Å². The van der Waals surface area contributed by atoms with Crippen molar-refractivity contribution < 1.29 is 9.59 Å². The van der Waals surface area contributed by atoms with Gasteiger partial charge in [-0.3, -0.25) is 9.59 Å². The van der Waals surface area contributed by atoms with E-state index in [1.807, 2.05) is 23.1 Å². The van der Waals surface area contributed by atoms with E-state index in [-0.39, 0.29) is 5.91 Å². The Morgan fingerprint density at radius 3 is 2.38 bits per heavy atom. The summed E-state index contributed by atoms with van der Waals surface area (Å²) in [5.41, 5.74) is 15.3. The molecule has 2 amide bonds. The number of nitrogen functional groups attached to an aromatic ring is 1. The molecule has 9 heteroatoms. The molecule has 5 rings (SSSR count). The molecule has 2 aromatic heterocycles. The van der Waals surface area contributed by atoms with Crippen LogP contribution in [0.4, 0.5) is 22.7 Å². The standard InChI is InChI=1S/C23H26N6O2S/c24-20-19-17(8-9-26-23(19)32-21(20)22(25)31)28-11-2-10-27(13-14-28)15-4-6-16(7-5-15)29-12-1-3-18(29)30/h4-9H,1-3,10-14,24H2,(H2,25,31). The van der Waals surface area contributed by atoms with Crippen LogP contribution in [0.5, 0.6) is 0 Å². The first-order valence-corrected chi connectivity index (χ1v) is 11.7. The predicted octanol–water partition coefficient (Wildman–Crippen LogP) is 2.82. The fraction of sp³-hybridized carbons (Fsp3) is 0.348. The lowest BCUT2D eigenvalue weighted by Crippen LogP contribution is -2.31. The molecule has 0 atom stereocenters. The van der Waals surface area contributed by atoms with E-state index in [4.69, 9.17) is 11.5 Å². The lowest BCUT2D eigenvalue weighted by Gasteiger charge is -2.26. The summed E-state index contributed by atoms with van der Waals surface area (Å²) in [6.07, 6.45) is 4.32. The molecule has 0 aliphatic carbocycles. The average molecular weight is 451 g/mol. The first-order valence-electron chi connectivity index (χ1n) is 10.9. The number of anilines is 4. The van der Waals surface area contributed by atoms with Gasteiger partial charge in [-0.15, -0.1) is 11.3 Å². The summed E-state index contributed by atoms with van der Waals surface area (Å²) in [6.45, 7) is 4.32. The lowest BCUT2D eigenvalue weighted by atomic mass is 10.2. The number of hydrogen-bond acceptors (Lipinski definition) is 7. The Kier molecular flexibility index (Phi) is 5.34. The summed E-state index contributed by atoms with van der Waals surface area (Å²) in [6, 6.07) is 10.3. The molecule has 4 N–H and O–H groups in total. The van der Waals surface area contributed by atoms with Crippen LogP contribution in [0.15, 0.2) is 36.5 Å². The number of nitrogens with two attached hydrogens (primary N) is 2. The predicted molar refractivity (Wildman–Crippen MR) is 130 cm³/mol. The summed E-state index contributed by atoms with van der Waals surface area (Å²) in [7, 11) is 0. The van der Waals surface area contributed by atoms with Crippen molar-refractivity contribution in [2.45, 2.75) is 19.3 Å². The van der Waals surface area contributed by atoms with Crippen LogP contribution in [0, 0.1) is 0 Å². The van der Waals surface area contributed by atoms with Gasteiger partial charge in [0.15, 0.2) is 0 Å². The molecule has 0 spiro atoms. The SMILES string of the molecule is NC(=O)c1sc2nccc(N3CCCN(c4ccc(N5CCCC5=O)cc4)CC3)c2c1N. The third-order valence-electron chi connectivity index (χ3n) is 6.27. The van der Waals surface area contributed by atoms with E-state index in [1.54, 1.807) is 6.20 Å². The number of benzene rings is 1. The van der Waals surface area contributed by atoms with Crippen LogP contribution in [0.2, 0.25) is 0 Å². The van der Waals surface area contributed by atoms with Crippen LogP contribution >= 0.6 is 11.3 Å².